The van der Waals surface area contributed by atoms with Gasteiger partial charge in [0.05, 0.1) is 11.1 Å². The summed E-state index contributed by atoms with van der Waals surface area (Å²) in [5, 5.41) is 0.214. The van der Waals surface area contributed by atoms with Gasteiger partial charge < -0.3 is 0 Å². The summed E-state index contributed by atoms with van der Waals surface area (Å²) in [6.07, 6.45) is 0. The molecule has 2 rings (SSSR count). The zero-order chi connectivity index (χ0) is 15.8. The molecule has 1 atom stereocenters. The van der Waals surface area contributed by atoms with Crippen molar-refractivity contribution in [3.63, 3.8) is 0 Å². The molecule has 1 aromatic carbocycles. The number of sulfonamides is 1. The Morgan fingerprint density at radius 3 is 2.48 bits per heavy atom. The summed E-state index contributed by atoms with van der Waals surface area (Å²) in [6, 6.07) is 8.48. The molecule has 0 radical (unpaired) electrons. The second kappa shape index (κ2) is 6.38. The molecule has 1 unspecified atom stereocenters. The van der Waals surface area contributed by atoms with Crippen molar-refractivity contribution in [1.82, 2.24) is 4.31 Å². The number of hydrogen-bond donors (Lipinski definition) is 0. The van der Waals surface area contributed by atoms with E-state index in [0.29, 0.717) is 0 Å². The molecule has 0 aliphatic carbocycles. The summed E-state index contributed by atoms with van der Waals surface area (Å²) >= 11 is 11.0. The Labute approximate surface area is 142 Å². The van der Waals surface area contributed by atoms with Gasteiger partial charge in [-0.2, -0.15) is 4.31 Å². The van der Waals surface area contributed by atoms with Crippen molar-refractivity contribution >= 4 is 48.9 Å². The van der Waals surface area contributed by atoms with Crippen LogP contribution in [0, 0.1) is 6.92 Å². The van der Waals surface area contributed by atoms with E-state index in [1.807, 2.05) is 26.0 Å². The molecule has 21 heavy (non-hydrogen) atoms. The molecule has 0 spiro atoms. The summed E-state index contributed by atoms with van der Waals surface area (Å²) in [7, 11) is -2.06. The van der Waals surface area contributed by atoms with E-state index >= 15 is 0 Å². The molecule has 2 aromatic rings. The number of rotatable bonds is 4. The maximum Gasteiger partial charge on any atom is 0.244 e. The summed E-state index contributed by atoms with van der Waals surface area (Å²) in [4.78, 5) is 2.28. The van der Waals surface area contributed by atoms with Gasteiger partial charge >= 0.3 is 0 Å². The van der Waals surface area contributed by atoms with E-state index in [2.05, 4.69) is 15.9 Å². The van der Waals surface area contributed by atoms with Gasteiger partial charge in [-0.3, -0.25) is 0 Å². The van der Waals surface area contributed by atoms with Crippen molar-refractivity contribution in [2.45, 2.75) is 24.8 Å². The van der Waals surface area contributed by atoms with Crippen LogP contribution in [0.1, 0.15) is 22.7 Å². The molecule has 1 heterocycles. The van der Waals surface area contributed by atoms with Gasteiger partial charge in [0.2, 0.25) is 10.0 Å². The maximum atomic E-state index is 12.7. The van der Waals surface area contributed by atoms with E-state index < -0.39 is 10.0 Å². The minimum Gasteiger partial charge on any atom is -0.207 e. The molecule has 0 saturated heterocycles. The highest BCUT2D eigenvalue weighted by Gasteiger charge is 2.28. The van der Waals surface area contributed by atoms with Crippen LogP contribution in [0.15, 0.2) is 39.7 Å². The third kappa shape index (κ3) is 3.51. The van der Waals surface area contributed by atoms with E-state index in [9.17, 15) is 8.42 Å². The molecule has 0 N–H and O–H groups in total. The lowest BCUT2D eigenvalue weighted by atomic mass is 10.3. The second-order valence-corrected chi connectivity index (χ2v) is 9.33. The standard InChI is InChI=1S/C14H15BrClNO2S2/c1-9-4-6-13(20-9)10(2)17(3)21(18,19)14-7-5-11(15)8-12(14)16/h4-8,10H,1-3H3. The van der Waals surface area contributed by atoms with E-state index in [1.54, 1.807) is 30.5 Å². The molecular formula is C14H15BrClNO2S2. The third-order valence-corrected chi connectivity index (χ3v) is 7.34. The average molecular weight is 409 g/mol. The fraction of sp³-hybridized carbons (Fsp3) is 0.286. The predicted molar refractivity (Wildman–Crippen MR) is 91.6 cm³/mol. The van der Waals surface area contributed by atoms with Crippen LogP contribution in [0.4, 0.5) is 0 Å². The fourth-order valence-corrected chi connectivity index (χ4v) is 5.30. The minimum absolute atomic E-state index is 0.120. The zero-order valence-corrected chi connectivity index (χ0v) is 15.8. The Kier molecular flexibility index (Phi) is 5.15. The van der Waals surface area contributed by atoms with E-state index in [1.165, 1.54) is 10.4 Å². The maximum absolute atomic E-state index is 12.7. The first-order valence-electron chi connectivity index (χ1n) is 6.23. The quantitative estimate of drug-likeness (QED) is 0.725. The SMILES string of the molecule is Cc1ccc(C(C)N(C)S(=O)(=O)c2ccc(Br)cc2Cl)s1. The topological polar surface area (TPSA) is 37.4 Å². The lowest BCUT2D eigenvalue weighted by molar-refractivity contribution is 0.403. The molecule has 114 valence electrons. The highest BCUT2D eigenvalue weighted by molar-refractivity contribution is 9.10. The first kappa shape index (κ1) is 17.0. The van der Waals surface area contributed by atoms with Gasteiger partial charge in [0.15, 0.2) is 0 Å². The molecule has 0 amide bonds. The van der Waals surface area contributed by atoms with Gasteiger partial charge in [0.25, 0.3) is 0 Å². The molecule has 7 heteroatoms. The van der Waals surface area contributed by atoms with Crippen LogP contribution in [0.2, 0.25) is 5.02 Å². The summed E-state index contributed by atoms with van der Waals surface area (Å²) in [5.74, 6) is 0. The smallest absolute Gasteiger partial charge is 0.207 e. The number of hydrogen-bond acceptors (Lipinski definition) is 3. The summed E-state index contributed by atoms with van der Waals surface area (Å²) < 4.78 is 27.5. The predicted octanol–water partition coefficient (Wildman–Crippen LogP) is 4.85. The Bertz CT molecular complexity index is 758. The highest BCUT2D eigenvalue weighted by Crippen LogP contribution is 2.33. The van der Waals surface area contributed by atoms with Gasteiger partial charge in [-0.05, 0) is 44.2 Å². The zero-order valence-electron chi connectivity index (χ0n) is 11.8. The van der Waals surface area contributed by atoms with Crippen molar-refractivity contribution in [1.29, 1.82) is 0 Å². The van der Waals surface area contributed by atoms with Crippen LogP contribution in [0.3, 0.4) is 0 Å². The first-order valence-corrected chi connectivity index (χ1v) is 9.65. The lowest BCUT2D eigenvalue weighted by Crippen LogP contribution is -2.29. The molecule has 0 fully saturated rings. The number of thiophene rings is 1. The van der Waals surface area contributed by atoms with Crippen molar-refractivity contribution < 1.29 is 8.42 Å². The molecule has 0 bridgehead atoms. The third-order valence-electron chi connectivity index (χ3n) is 3.27. The molecule has 0 saturated carbocycles. The molecule has 0 aliphatic heterocycles. The normalized spacial score (nSPS) is 13.6. The van der Waals surface area contributed by atoms with Gasteiger partial charge in [0.1, 0.15) is 4.90 Å². The molecule has 0 aliphatic rings. The highest BCUT2D eigenvalue weighted by atomic mass is 79.9. The average Bonchev–Trinajstić information content (AvgIpc) is 2.83. The second-order valence-electron chi connectivity index (χ2n) is 4.72. The number of halogens is 2. The van der Waals surface area contributed by atoms with E-state index in [-0.39, 0.29) is 16.0 Å². The Morgan fingerprint density at radius 1 is 1.29 bits per heavy atom. The van der Waals surface area contributed by atoms with Crippen LogP contribution in [-0.2, 0) is 10.0 Å². The fourth-order valence-electron chi connectivity index (χ4n) is 1.90. The van der Waals surface area contributed by atoms with Gasteiger partial charge in [-0.15, -0.1) is 11.3 Å². The molecule has 3 nitrogen and oxygen atoms in total. The Balaban J connectivity index is 2.38. The van der Waals surface area contributed by atoms with Crippen LogP contribution in [0.25, 0.3) is 0 Å². The van der Waals surface area contributed by atoms with Crippen LogP contribution >= 0.6 is 38.9 Å². The van der Waals surface area contributed by atoms with Crippen LogP contribution in [0.5, 0.6) is 0 Å². The van der Waals surface area contributed by atoms with E-state index in [4.69, 9.17) is 11.6 Å². The van der Waals surface area contributed by atoms with Crippen molar-refractivity contribution in [3.8, 4) is 0 Å². The van der Waals surface area contributed by atoms with Gasteiger partial charge in [-0.25, -0.2) is 8.42 Å². The number of aryl methyl sites for hydroxylation is 1. The van der Waals surface area contributed by atoms with Crippen LogP contribution < -0.4 is 0 Å². The van der Waals surface area contributed by atoms with E-state index in [0.717, 1.165) is 14.2 Å². The van der Waals surface area contributed by atoms with Crippen molar-refractivity contribution in [2.24, 2.45) is 0 Å². The summed E-state index contributed by atoms with van der Waals surface area (Å²) in [5.41, 5.74) is 0. The number of benzene rings is 1. The van der Waals surface area contributed by atoms with Crippen molar-refractivity contribution in [3.05, 3.63) is 49.6 Å². The van der Waals surface area contributed by atoms with Gasteiger partial charge in [0, 0.05) is 21.3 Å². The van der Waals surface area contributed by atoms with Crippen molar-refractivity contribution in [2.75, 3.05) is 7.05 Å². The first-order chi connectivity index (χ1) is 9.73. The monoisotopic (exact) mass is 407 g/mol. The largest absolute Gasteiger partial charge is 0.244 e. The lowest BCUT2D eigenvalue weighted by Gasteiger charge is -2.24. The van der Waals surface area contributed by atoms with Gasteiger partial charge in [-0.1, -0.05) is 27.5 Å². The molecular weight excluding hydrogens is 394 g/mol. The Morgan fingerprint density at radius 2 is 1.95 bits per heavy atom. The summed E-state index contributed by atoms with van der Waals surface area (Å²) in [6.45, 7) is 3.87. The number of nitrogens with zero attached hydrogens (tertiary/aromatic N) is 1. The van der Waals surface area contributed by atoms with Crippen LogP contribution in [-0.4, -0.2) is 19.8 Å². The Hall–Kier alpha value is -0.400. The minimum atomic E-state index is -3.64. The molecule has 1 aromatic heterocycles.